The molecule has 6 nitrogen and oxygen atoms in total. The van der Waals surface area contributed by atoms with Crippen LogP contribution in [0.15, 0.2) is 76.8 Å². The first kappa shape index (κ1) is 23.5. The number of carbonyl (C=O) groups is 2. The molecule has 32 heavy (non-hydrogen) atoms. The summed E-state index contributed by atoms with van der Waals surface area (Å²) < 4.78 is 7.81. The molecule has 3 aromatic carbocycles. The summed E-state index contributed by atoms with van der Waals surface area (Å²) >= 11 is 5.63. The van der Waals surface area contributed by atoms with Gasteiger partial charge in [-0.05, 0) is 82.8 Å². The predicted octanol–water partition coefficient (Wildman–Crippen LogP) is 5.88. The van der Waals surface area contributed by atoms with Crippen LogP contribution in [0.2, 0.25) is 0 Å². The van der Waals surface area contributed by atoms with Crippen molar-refractivity contribution in [2.75, 3.05) is 5.32 Å². The van der Waals surface area contributed by atoms with E-state index in [0.717, 1.165) is 13.6 Å². The summed E-state index contributed by atoms with van der Waals surface area (Å²) in [4.78, 5) is 23.8. The maximum Gasteiger partial charge on any atom is 0.335 e. The summed E-state index contributed by atoms with van der Waals surface area (Å²) in [6.45, 7) is 0.329. The van der Waals surface area contributed by atoms with Crippen molar-refractivity contribution in [2.45, 2.75) is 6.61 Å². The Hall–Kier alpha value is -3.16. The maximum atomic E-state index is 12.6. The monoisotopic (exact) mass is 602 g/mol. The van der Waals surface area contributed by atoms with Crippen molar-refractivity contribution in [1.29, 1.82) is 5.26 Å². The van der Waals surface area contributed by atoms with Gasteiger partial charge in [0.1, 0.15) is 24.0 Å². The summed E-state index contributed by atoms with van der Waals surface area (Å²) in [6, 6.07) is 20.9. The smallest absolute Gasteiger partial charge is 0.335 e. The second kappa shape index (κ2) is 10.9. The molecule has 0 radical (unpaired) electrons. The largest absolute Gasteiger partial charge is 0.488 e. The number of hydrogen-bond acceptors (Lipinski definition) is 4. The van der Waals surface area contributed by atoms with Crippen molar-refractivity contribution < 1.29 is 19.4 Å². The predicted molar refractivity (Wildman–Crippen MR) is 133 cm³/mol. The SMILES string of the molecule is N#C/C(=C/c1cc(Br)ccc1OCc1ccc(I)cc1)C(=O)Nc1cccc(C(=O)O)c1. The summed E-state index contributed by atoms with van der Waals surface area (Å²) in [5.41, 5.74) is 1.70. The topological polar surface area (TPSA) is 99.4 Å². The van der Waals surface area contributed by atoms with Crippen molar-refractivity contribution in [3.8, 4) is 11.8 Å². The Bertz CT molecular complexity index is 1230. The molecule has 160 valence electrons. The second-order valence-electron chi connectivity index (χ2n) is 6.61. The first-order valence-electron chi connectivity index (χ1n) is 9.29. The van der Waals surface area contributed by atoms with Crippen LogP contribution in [0.3, 0.4) is 0 Å². The van der Waals surface area contributed by atoms with Crippen LogP contribution in [0.5, 0.6) is 5.75 Å². The highest BCUT2D eigenvalue weighted by Crippen LogP contribution is 2.27. The summed E-state index contributed by atoms with van der Waals surface area (Å²) in [5.74, 6) is -1.25. The van der Waals surface area contributed by atoms with Gasteiger partial charge in [0.2, 0.25) is 0 Å². The number of nitriles is 1. The number of ether oxygens (including phenoxy) is 1. The number of halogens is 2. The maximum absolute atomic E-state index is 12.6. The lowest BCUT2D eigenvalue weighted by atomic mass is 10.1. The number of benzene rings is 3. The van der Waals surface area contributed by atoms with Gasteiger partial charge >= 0.3 is 5.97 Å². The standard InChI is InChI=1S/C24H16BrIN2O4/c25-19-6-9-22(32-14-15-4-7-20(26)8-5-15)17(11-19)10-18(13-27)23(29)28-21-3-1-2-16(12-21)24(30)31/h1-12H,14H2,(H,28,29)(H,30,31)/b18-10-. The second-order valence-corrected chi connectivity index (χ2v) is 8.77. The van der Waals surface area contributed by atoms with Gasteiger partial charge in [-0.2, -0.15) is 5.26 Å². The van der Waals surface area contributed by atoms with Crippen LogP contribution in [-0.4, -0.2) is 17.0 Å². The quantitative estimate of drug-likeness (QED) is 0.200. The number of nitrogens with one attached hydrogen (secondary N) is 1. The van der Waals surface area contributed by atoms with Gasteiger partial charge in [0.05, 0.1) is 5.56 Å². The Kier molecular flexibility index (Phi) is 8.03. The van der Waals surface area contributed by atoms with Crippen LogP contribution < -0.4 is 10.1 Å². The molecular weight excluding hydrogens is 587 g/mol. The van der Waals surface area contributed by atoms with Crippen LogP contribution >= 0.6 is 38.5 Å². The molecule has 3 aromatic rings. The van der Waals surface area contributed by atoms with Gasteiger partial charge in [0.25, 0.3) is 5.91 Å². The number of hydrogen-bond donors (Lipinski definition) is 2. The highest BCUT2D eigenvalue weighted by molar-refractivity contribution is 14.1. The Balaban J connectivity index is 1.82. The minimum Gasteiger partial charge on any atom is -0.488 e. The third-order valence-corrected chi connectivity index (χ3v) is 5.52. The van der Waals surface area contributed by atoms with Crippen LogP contribution in [0.1, 0.15) is 21.5 Å². The number of carbonyl (C=O) groups excluding carboxylic acids is 1. The lowest BCUT2D eigenvalue weighted by Crippen LogP contribution is -2.14. The summed E-state index contributed by atoms with van der Waals surface area (Å²) in [5, 5.41) is 21.2. The molecule has 0 saturated heterocycles. The Morgan fingerprint density at radius 3 is 2.56 bits per heavy atom. The molecule has 0 aliphatic heterocycles. The molecule has 0 spiro atoms. The van der Waals surface area contributed by atoms with E-state index in [4.69, 9.17) is 9.84 Å². The van der Waals surface area contributed by atoms with Crippen molar-refractivity contribution in [3.63, 3.8) is 0 Å². The van der Waals surface area contributed by atoms with Gasteiger partial charge in [0.15, 0.2) is 0 Å². The zero-order valence-corrected chi connectivity index (χ0v) is 20.3. The molecule has 0 aromatic heterocycles. The zero-order valence-electron chi connectivity index (χ0n) is 16.5. The highest BCUT2D eigenvalue weighted by Gasteiger charge is 2.13. The molecule has 0 saturated carbocycles. The number of rotatable bonds is 7. The Morgan fingerprint density at radius 1 is 1.12 bits per heavy atom. The molecule has 0 fully saturated rings. The number of carboxylic acid groups (broad SMARTS) is 1. The zero-order chi connectivity index (χ0) is 23.1. The molecule has 0 heterocycles. The molecule has 3 rings (SSSR count). The average molecular weight is 603 g/mol. The van der Waals surface area contributed by atoms with E-state index in [1.807, 2.05) is 36.4 Å². The average Bonchev–Trinajstić information content (AvgIpc) is 2.78. The fraction of sp³-hybridized carbons (Fsp3) is 0.0417. The van der Waals surface area contributed by atoms with Crippen LogP contribution in [0, 0.1) is 14.9 Å². The Labute approximate surface area is 206 Å². The van der Waals surface area contributed by atoms with E-state index in [1.165, 1.54) is 24.3 Å². The van der Waals surface area contributed by atoms with E-state index in [0.29, 0.717) is 17.9 Å². The van der Waals surface area contributed by atoms with Gasteiger partial charge in [-0.1, -0.05) is 34.1 Å². The van der Waals surface area contributed by atoms with Gasteiger partial charge in [-0.25, -0.2) is 4.79 Å². The van der Waals surface area contributed by atoms with Crippen LogP contribution in [-0.2, 0) is 11.4 Å². The number of carboxylic acids is 1. The summed E-state index contributed by atoms with van der Waals surface area (Å²) in [6.07, 6.45) is 1.43. The molecule has 0 aliphatic rings. The third kappa shape index (κ3) is 6.42. The minimum absolute atomic E-state index is 0.0311. The van der Waals surface area contributed by atoms with Crippen molar-refractivity contribution >= 4 is 62.2 Å². The molecule has 0 unspecified atom stereocenters. The Morgan fingerprint density at radius 2 is 1.88 bits per heavy atom. The molecule has 0 atom stereocenters. The van der Waals surface area contributed by atoms with E-state index in [2.05, 4.69) is 43.8 Å². The molecule has 2 N–H and O–H groups in total. The van der Waals surface area contributed by atoms with Crippen LogP contribution in [0.25, 0.3) is 6.08 Å². The number of anilines is 1. The molecule has 8 heteroatoms. The normalized spacial score (nSPS) is 10.8. The lowest BCUT2D eigenvalue weighted by molar-refractivity contribution is -0.112. The molecule has 0 aliphatic carbocycles. The van der Waals surface area contributed by atoms with Gasteiger partial charge in [-0.15, -0.1) is 0 Å². The molecule has 1 amide bonds. The van der Waals surface area contributed by atoms with Gasteiger partial charge < -0.3 is 15.2 Å². The van der Waals surface area contributed by atoms with E-state index in [9.17, 15) is 14.9 Å². The number of amides is 1. The fourth-order valence-corrected chi connectivity index (χ4v) is 3.48. The number of nitrogens with zero attached hydrogens (tertiary/aromatic N) is 1. The van der Waals surface area contributed by atoms with E-state index in [1.54, 1.807) is 18.2 Å². The first-order chi connectivity index (χ1) is 15.4. The van der Waals surface area contributed by atoms with Crippen molar-refractivity contribution in [3.05, 3.63) is 97.0 Å². The van der Waals surface area contributed by atoms with E-state index < -0.39 is 11.9 Å². The van der Waals surface area contributed by atoms with Crippen molar-refractivity contribution in [1.82, 2.24) is 0 Å². The number of aromatic carboxylic acids is 1. The first-order valence-corrected chi connectivity index (χ1v) is 11.2. The minimum atomic E-state index is -1.11. The van der Waals surface area contributed by atoms with Crippen LogP contribution in [0.4, 0.5) is 5.69 Å². The lowest BCUT2D eigenvalue weighted by Gasteiger charge is -2.11. The fourth-order valence-electron chi connectivity index (χ4n) is 2.74. The van der Waals surface area contributed by atoms with Gasteiger partial charge in [0, 0.05) is 19.3 Å². The summed E-state index contributed by atoms with van der Waals surface area (Å²) in [7, 11) is 0. The van der Waals surface area contributed by atoms with Gasteiger partial charge in [-0.3, -0.25) is 4.79 Å². The van der Waals surface area contributed by atoms with Crippen molar-refractivity contribution in [2.24, 2.45) is 0 Å². The third-order valence-electron chi connectivity index (χ3n) is 4.31. The molecule has 0 bridgehead atoms. The van der Waals surface area contributed by atoms with E-state index in [-0.39, 0.29) is 16.8 Å². The highest BCUT2D eigenvalue weighted by atomic mass is 127. The van der Waals surface area contributed by atoms with E-state index >= 15 is 0 Å². The molecular formula is C24H16BrIN2O4.